The zero-order chi connectivity index (χ0) is 19.9. The fourth-order valence-electron chi connectivity index (χ4n) is 2.86. The lowest BCUT2D eigenvalue weighted by Crippen LogP contribution is -2.15. The molecule has 0 amide bonds. The maximum Gasteiger partial charge on any atom is 0.339 e. The molecule has 1 aromatic rings. The van der Waals surface area contributed by atoms with Crippen LogP contribution in [0.5, 0.6) is 0 Å². The molecule has 0 radical (unpaired) electrons. The number of esters is 2. The molecule has 0 aromatic heterocycles. The van der Waals surface area contributed by atoms with Gasteiger partial charge in [-0.15, -0.1) is 0 Å². The van der Waals surface area contributed by atoms with E-state index in [-0.39, 0.29) is 11.1 Å². The van der Waals surface area contributed by atoms with Crippen molar-refractivity contribution in [1.29, 1.82) is 0 Å². The minimum absolute atomic E-state index is 0.287. The third kappa shape index (κ3) is 10.2. The zero-order valence-electron chi connectivity index (χ0n) is 17.3. The lowest BCUT2D eigenvalue weighted by molar-refractivity contribution is 0.0450. The molecule has 0 heterocycles. The smallest absolute Gasteiger partial charge is 0.339 e. The van der Waals surface area contributed by atoms with E-state index in [1.807, 2.05) is 0 Å². The molecule has 0 N–H and O–H groups in total. The van der Waals surface area contributed by atoms with Crippen molar-refractivity contribution in [3.63, 3.8) is 0 Å². The van der Waals surface area contributed by atoms with Crippen LogP contribution in [0.4, 0.5) is 0 Å². The molecule has 0 spiro atoms. The van der Waals surface area contributed by atoms with E-state index in [4.69, 9.17) is 9.47 Å². The number of hydrogen-bond donors (Lipinski definition) is 0. The molecule has 0 bridgehead atoms. The van der Waals surface area contributed by atoms with Gasteiger partial charge in [-0.25, -0.2) is 9.59 Å². The highest BCUT2D eigenvalue weighted by Gasteiger charge is 2.18. The number of hydrogen-bond acceptors (Lipinski definition) is 4. The molecule has 0 saturated heterocycles. The molecule has 0 atom stereocenters. The quantitative estimate of drug-likeness (QED) is 0.287. The summed E-state index contributed by atoms with van der Waals surface area (Å²) in [5, 5.41) is 0. The molecule has 4 nitrogen and oxygen atoms in total. The normalized spacial score (nSPS) is 10.8. The first-order chi connectivity index (χ1) is 13.1. The summed E-state index contributed by atoms with van der Waals surface area (Å²) in [6.45, 7) is 7.38. The largest absolute Gasteiger partial charge is 0.462 e. The van der Waals surface area contributed by atoms with Crippen LogP contribution in [0.25, 0.3) is 0 Å². The van der Waals surface area contributed by atoms with Crippen molar-refractivity contribution in [2.45, 2.75) is 78.6 Å². The van der Waals surface area contributed by atoms with Crippen LogP contribution in [0, 0.1) is 5.92 Å². The first-order valence-electron chi connectivity index (χ1n) is 10.5. The number of ether oxygens (including phenoxy) is 2. The molecule has 27 heavy (non-hydrogen) atoms. The maximum atomic E-state index is 12.3. The number of rotatable bonds is 14. The van der Waals surface area contributed by atoms with E-state index in [0.717, 1.165) is 50.9 Å². The van der Waals surface area contributed by atoms with E-state index in [1.165, 1.54) is 12.8 Å². The standard InChI is InChI=1S/C23H36O4/c1-4-5-6-12-17-26-22(24)20-15-10-11-16-21(20)23(25)27-18-13-8-7-9-14-19(2)3/h10-11,15-16,19H,4-9,12-14,17-18H2,1-3H3. The van der Waals surface area contributed by atoms with Crippen LogP contribution in [0.2, 0.25) is 0 Å². The molecule has 0 unspecified atom stereocenters. The van der Waals surface area contributed by atoms with Gasteiger partial charge in [-0.1, -0.05) is 77.8 Å². The van der Waals surface area contributed by atoms with E-state index in [1.54, 1.807) is 24.3 Å². The molecular weight excluding hydrogens is 340 g/mol. The van der Waals surface area contributed by atoms with Crippen molar-refractivity contribution >= 4 is 11.9 Å². The molecular formula is C23H36O4. The van der Waals surface area contributed by atoms with Crippen LogP contribution >= 0.6 is 0 Å². The summed E-state index contributed by atoms with van der Waals surface area (Å²) in [5.74, 6) is -0.158. The highest BCUT2D eigenvalue weighted by molar-refractivity contribution is 6.03. The molecule has 4 heteroatoms. The van der Waals surface area contributed by atoms with Crippen LogP contribution < -0.4 is 0 Å². The second-order valence-corrected chi connectivity index (χ2v) is 7.47. The molecule has 0 aliphatic carbocycles. The van der Waals surface area contributed by atoms with Crippen molar-refractivity contribution in [3.05, 3.63) is 35.4 Å². The minimum atomic E-state index is -0.451. The number of unbranched alkanes of at least 4 members (excludes halogenated alkanes) is 6. The van der Waals surface area contributed by atoms with Gasteiger partial charge in [-0.3, -0.25) is 0 Å². The predicted octanol–water partition coefficient (Wildman–Crippen LogP) is 6.19. The first kappa shape index (κ1) is 23.2. The van der Waals surface area contributed by atoms with E-state index >= 15 is 0 Å². The second-order valence-electron chi connectivity index (χ2n) is 7.47. The topological polar surface area (TPSA) is 52.6 Å². The summed E-state index contributed by atoms with van der Waals surface area (Å²) in [6.07, 6.45) is 9.71. The fourth-order valence-corrected chi connectivity index (χ4v) is 2.86. The van der Waals surface area contributed by atoms with Crippen molar-refractivity contribution in [2.75, 3.05) is 13.2 Å². The van der Waals surface area contributed by atoms with Gasteiger partial charge in [0.25, 0.3) is 0 Å². The Morgan fingerprint density at radius 2 is 1.26 bits per heavy atom. The number of benzene rings is 1. The van der Waals surface area contributed by atoms with Gasteiger partial charge < -0.3 is 9.47 Å². The Morgan fingerprint density at radius 3 is 1.74 bits per heavy atom. The van der Waals surface area contributed by atoms with E-state index in [2.05, 4.69) is 20.8 Å². The molecule has 0 fully saturated rings. The molecule has 1 rings (SSSR count). The summed E-state index contributed by atoms with van der Waals surface area (Å²) < 4.78 is 10.7. The zero-order valence-corrected chi connectivity index (χ0v) is 17.3. The Hall–Kier alpha value is -1.84. The lowest BCUT2D eigenvalue weighted by atomic mass is 10.0. The Kier molecular flexibility index (Phi) is 12.2. The van der Waals surface area contributed by atoms with Gasteiger partial charge in [-0.05, 0) is 30.9 Å². The summed E-state index contributed by atoms with van der Waals surface area (Å²) in [4.78, 5) is 24.6. The van der Waals surface area contributed by atoms with Gasteiger partial charge in [0.05, 0.1) is 24.3 Å². The van der Waals surface area contributed by atoms with Crippen LogP contribution in [0.3, 0.4) is 0 Å². The average Bonchev–Trinajstić information content (AvgIpc) is 2.66. The van der Waals surface area contributed by atoms with Crippen molar-refractivity contribution in [1.82, 2.24) is 0 Å². The Labute approximate surface area is 164 Å². The lowest BCUT2D eigenvalue weighted by Gasteiger charge is -2.10. The summed E-state index contributed by atoms with van der Waals surface area (Å²) >= 11 is 0. The molecule has 0 aliphatic rings. The van der Waals surface area contributed by atoms with Gasteiger partial charge in [0.15, 0.2) is 0 Å². The van der Waals surface area contributed by atoms with Crippen molar-refractivity contribution in [2.24, 2.45) is 5.92 Å². The minimum Gasteiger partial charge on any atom is -0.462 e. The van der Waals surface area contributed by atoms with E-state index in [9.17, 15) is 9.59 Å². The van der Waals surface area contributed by atoms with Crippen LogP contribution in [-0.2, 0) is 9.47 Å². The maximum absolute atomic E-state index is 12.3. The molecule has 152 valence electrons. The van der Waals surface area contributed by atoms with Gasteiger partial charge in [0, 0.05) is 0 Å². The van der Waals surface area contributed by atoms with Gasteiger partial charge in [0.1, 0.15) is 0 Å². The van der Waals surface area contributed by atoms with Crippen LogP contribution in [0.15, 0.2) is 24.3 Å². The summed E-state index contributed by atoms with van der Waals surface area (Å²) in [6, 6.07) is 6.72. The number of carbonyl (C=O) groups is 2. The van der Waals surface area contributed by atoms with Gasteiger partial charge in [0.2, 0.25) is 0 Å². The second kappa shape index (κ2) is 14.2. The van der Waals surface area contributed by atoms with Crippen LogP contribution in [0.1, 0.15) is 99.3 Å². The first-order valence-corrected chi connectivity index (χ1v) is 10.5. The summed E-state index contributed by atoms with van der Waals surface area (Å²) in [7, 11) is 0. The van der Waals surface area contributed by atoms with E-state index in [0.29, 0.717) is 13.2 Å². The number of carbonyl (C=O) groups excluding carboxylic acids is 2. The van der Waals surface area contributed by atoms with E-state index < -0.39 is 11.9 Å². The van der Waals surface area contributed by atoms with Gasteiger partial charge in [-0.2, -0.15) is 0 Å². The Balaban J connectivity index is 2.38. The third-order valence-electron chi connectivity index (χ3n) is 4.51. The monoisotopic (exact) mass is 376 g/mol. The molecule has 0 saturated carbocycles. The highest BCUT2D eigenvalue weighted by Crippen LogP contribution is 2.14. The fraction of sp³-hybridized carbons (Fsp3) is 0.652. The Morgan fingerprint density at radius 1 is 0.778 bits per heavy atom. The van der Waals surface area contributed by atoms with Crippen LogP contribution in [-0.4, -0.2) is 25.2 Å². The van der Waals surface area contributed by atoms with Crippen molar-refractivity contribution in [3.8, 4) is 0 Å². The third-order valence-corrected chi connectivity index (χ3v) is 4.51. The molecule has 0 aliphatic heterocycles. The molecule has 1 aromatic carbocycles. The Bertz CT molecular complexity index is 551. The highest BCUT2D eigenvalue weighted by atomic mass is 16.5. The SMILES string of the molecule is CCCCCCOC(=O)c1ccccc1C(=O)OCCCCCCC(C)C. The average molecular weight is 377 g/mol. The van der Waals surface area contributed by atoms with Gasteiger partial charge >= 0.3 is 11.9 Å². The summed E-state index contributed by atoms with van der Waals surface area (Å²) in [5.41, 5.74) is 0.575. The predicted molar refractivity (Wildman–Crippen MR) is 109 cm³/mol. The van der Waals surface area contributed by atoms with Crippen molar-refractivity contribution < 1.29 is 19.1 Å².